The first-order chi connectivity index (χ1) is 8.86. The predicted octanol–water partition coefficient (Wildman–Crippen LogP) is 1.61. The van der Waals surface area contributed by atoms with Crippen molar-refractivity contribution in [3.8, 4) is 0 Å². The maximum Gasteiger partial charge on any atom is 0.430 e. The number of carbonyl (C=O) groups is 1. The summed E-state index contributed by atoms with van der Waals surface area (Å²) < 4.78 is 33.1. The van der Waals surface area contributed by atoms with Crippen LogP contribution in [-0.2, 0) is 4.79 Å². The summed E-state index contributed by atoms with van der Waals surface area (Å²) in [5, 5.41) is 8.78. The molecule has 0 saturated carbocycles. The summed E-state index contributed by atoms with van der Waals surface area (Å²) in [6, 6.07) is 2.21. The molecule has 2 unspecified atom stereocenters. The molecule has 3 aliphatic heterocycles. The number of nitrogens with zero attached hydrogens (tertiary/aromatic N) is 1. The molecule has 3 fully saturated rings. The number of alkyl halides is 3. The van der Waals surface area contributed by atoms with Gasteiger partial charge < -0.3 is 14.4 Å². The molecular weight excluding hydrogens is 259 g/mol. The number of halogens is 3. The summed E-state index contributed by atoms with van der Waals surface area (Å²) in [6.45, 7) is 3.07. The average Bonchev–Trinajstić information content (AvgIpc) is 2.83. The fraction of sp³-hybridized carbons (Fsp3) is 0.923. The van der Waals surface area contributed by atoms with Crippen LogP contribution < -0.4 is 5.11 Å². The van der Waals surface area contributed by atoms with Crippen molar-refractivity contribution in [2.75, 3.05) is 13.1 Å². The van der Waals surface area contributed by atoms with Gasteiger partial charge in [-0.25, -0.2) is 0 Å². The van der Waals surface area contributed by atoms with E-state index in [0.717, 1.165) is 12.1 Å². The van der Waals surface area contributed by atoms with Crippen LogP contribution in [0.1, 0.15) is 44.9 Å². The number of hydrogen-bond acceptors (Lipinski definition) is 2. The Balaban J connectivity index is 0.000000167. The summed E-state index contributed by atoms with van der Waals surface area (Å²) in [5.41, 5.74) is 0. The van der Waals surface area contributed by atoms with Gasteiger partial charge in [0.05, 0.1) is 25.2 Å². The number of hydrogen-bond donors (Lipinski definition) is 0. The van der Waals surface area contributed by atoms with E-state index in [1.54, 1.807) is 30.2 Å². The largest absolute Gasteiger partial charge is 0.542 e. The lowest BCUT2D eigenvalue weighted by Crippen LogP contribution is -2.56. The molecule has 19 heavy (non-hydrogen) atoms. The van der Waals surface area contributed by atoms with Crippen LogP contribution in [0.5, 0.6) is 0 Å². The maximum absolute atomic E-state index is 10.5. The van der Waals surface area contributed by atoms with Crippen LogP contribution in [0.25, 0.3) is 0 Å². The molecule has 1 spiro atoms. The van der Waals surface area contributed by atoms with Gasteiger partial charge in [-0.15, -0.1) is 0 Å². The smallest absolute Gasteiger partial charge is 0.430 e. The molecule has 0 N–H and O–H groups in total. The van der Waals surface area contributed by atoms with Crippen LogP contribution in [0.3, 0.4) is 0 Å². The fourth-order valence-corrected chi connectivity index (χ4v) is 4.24. The van der Waals surface area contributed by atoms with Gasteiger partial charge in [-0.05, 0) is 19.3 Å². The van der Waals surface area contributed by atoms with E-state index in [-0.39, 0.29) is 0 Å². The second-order valence-corrected chi connectivity index (χ2v) is 5.86. The first-order valence-electron chi connectivity index (χ1n) is 7.01. The number of carbonyl (C=O) groups excluding carboxylic acids is 1. The molecule has 0 aliphatic carbocycles. The monoisotopic (exact) mass is 279 g/mol. The molecule has 110 valence electrons. The van der Waals surface area contributed by atoms with Gasteiger partial charge in [-0.2, -0.15) is 13.2 Å². The molecule has 3 aliphatic rings. The highest BCUT2D eigenvalue weighted by Gasteiger charge is 2.52. The minimum absolute atomic E-state index is 1.10. The summed E-state index contributed by atoms with van der Waals surface area (Å²) in [5.74, 6) is -3.01. The van der Waals surface area contributed by atoms with Crippen molar-refractivity contribution in [2.24, 2.45) is 0 Å². The topological polar surface area (TPSA) is 40.1 Å². The predicted molar refractivity (Wildman–Crippen MR) is 61.0 cm³/mol. The van der Waals surface area contributed by atoms with Crippen molar-refractivity contribution < 1.29 is 27.6 Å². The van der Waals surface area contributed by atoms with Gasteiger partial charge in [0.1, 0.15) is 5.97 Å². The average molecular weight is 279 g/mol. The molecule has 0 aromatic carbocycles. The van der Waals surface area contributed by atoms with Crippen molar-refractivity contribution in [1.82, 2.24) is 0 Å². The van der Waals surface area contributed by atoms with Crippen LogP contribution >= 0.6 is 0 Å². The molecule has 3 heterocycles. The molecule has 3 rings (SSSR count). The van der Waals surface area contributed by atoms with Crippen molar-refractivity contribution in [3.05, 3.63) is 0 Å². The first kappa shape index (κ1) is 14.6. The molecule has 0 aromatic rings. The van der Waals surface area contributed by atoms with Crippen molar-refractivity contribution in [3.63, 3.8) is 0 Å². The van der Waals surface area contributed by atoms with E-state index in [1.165, 1.54) is 32.4 Å². The normalized spacial score (nSPS) is 31.9. The van der Waals surface area contributed by atoms with Gasteiger partial charge in [-0.1, -0.05) is 0 Å². The van der Waals surface area contributed by atoms with Crippen LogP contribution in [0.4, 0.5) is 13.2 Å². The van der Waals surface area contributed by atoms with Gasteiger partial charge in [-0.3, -0.25) is 0 Å². The molecule has 2 atom stereocenters. The highest BCUT2D eigenvalue weighted by molar-refractivity contribution is 5.70. The zero-order chi connectivity index (χ0) is 14.1. The van der Waals surface area contributed by atoms with Crippen LogP contribution in [-0.4, -0.2) is 41.8 Å². The Labute approximate surface area is 111 Å². The Hall–Kier alpha value is -0.780. The number of aliphatic carboxylic acids is 1. The summed E-state index contributed by atoms with van der Waals surface area (Å²) in [4.78, 5) is 8.78. The summed E-state index contributed by atoms with van der Waals surface area (Å²) in [7, 11) is 0. The molecule has 0 radical (unpaired) electrons. The standard InChI is InChI=1S/C11H20N.C2HF3O2/c1-2-9-12(8-1)10-4-3-5-11(12)7-6-10;3-2(4,5)1(6)7/h10-11H,1-9H2;(H,6,7)/q+1;/p-1. The van der Waals surface area contributed by atoms with Crippen molar-refractivity contribution in [2.45, 2.75) is 63.2 Å². The molecule has 6 heteroatoms. The highest BCUT2D eigenvalue weighted by Crippen LogP contribution is 2.45. The fourth-order valence-electron chi connectivity index (χ4n) is 4.24. The lowest BCUT2D eigenvalue weighted by Gasteiger charge is -2.44. The van der Waals surface area contributed by atoms with Crippen LogP contribution in [0.15, 0.2) is 0 Å². The summed E-state index contributed by atoms with van der Waals surface area (Å²) in [6.07, 6.45) is 5.61. The third-order valence-electron chi connectivity index (χ3n) is 4.99. The van der Waals surface area contributed by atoms with Crippen molar-refractivity contribution >= 4 is 5.97 Å². The molecule has 2 bridgehead atoms. The molecule has 3 nitrogen and oxygen atoms in total. The Bertz CT molecular complexity index is 319. The Morgan fingerprint density at radius 1 is 0.947 bits per heavy atom. The SMILES string of the molecule is C1CC2CCC(C1)[N+]21CCCC1.O=C([O-])C(F)(F)F. The third kappa shape index (κ3) is 2.88. The van der Waals surface area contributed by atoms with Gasteiger partial charge in [0.25, 0.3) is 0 Å². The zero-order valence-electron chi connectivity index (χ0n) is 10.9. The van der Waals surface area contributed by atoms with E-state index in [0.29, 0.717) is 0 Å². The number of piperidine rings is 1. The number of carboxylic acid groups (broad SMARTS) is 1. The molecular formula is C13H20F3NO2. The third-order valence-corrected chi connectivity index (χ3v) is 4.99. The first-order valence-corrected chi connectivity index (χ1v) is 7.01. The maximum atomic E-state index is 10.5. The van der Waals surface area contributed by atoms with Gasteiger partial charge >= 0.3 is 6.18 Å². The molecule has 0 aromatic heterocycles. The minimum Gasteiger partial charge on any atom is -0.542 e. The van der Waals surface area contributed by atoms with E-state index in [2.05, 4.69) is 0 Å². The van der Waals surface area contributed by atoms with E-state index >= 15 is 0 Å². The van der Waals surface area contributed by atoms with E-state index < -0.39 is 12.1 Å². The second-order valence-electron chi connectivity index (χ2n) is 5.86. The minimum atomic E-state index is -5.19. The van der Waals surface area contributed by atoms with Crippen molar-refractivity contribution in [1.29, 1.82) is 0 Å². The second kappa shape index (κ2) is 5.31. The zero-order valence-corrected chi connectivity index (χ0v) is 10.9. The quantitative estimate of drug-likeness (QED) is 0.632. The number of rotatable bonds is 0. The Kier molecular flexibility index (Phi) is 4.08. The Morgan fingerprint density at radius 3 is 1.74 bits per heavy atom. The van der Waals surface area contributed by atoms with E-state index in [4.69, 9.17) is 9.90 Å². The van der Waals surface area contributed by atoms with Gasteiger partial charge in [0, 0.05) is 25.7 Å². The lowest BCUT2D eigenvalue weighted by atomic mass is 10.00. The Morgan fingerprint density at radius 2 is 1.37 bits per heavy atom. The van der Waals surface area contributed by atoms with E-state index in [9.17, 15) is 13.2 Å². The van der Waals surface area contributed by atoms with Crippen LogP contribution in [0.2, 0.25) is 0 Å². The van der Waals surface area contributed by atoms with Gasteiger partial charge in [0.2, 0.25) is 0 Å². The van der Waals surface area contributed by atoms with E-state index in [1.807, 2.05) is 0 Å². The number of quaternary nitrogens is 1. The van der Waals surface area contributed by atoms with Crippen LogP contribution in [0, 0.1) is 0 Å². The van der Waals surface area contributed by atoms with Gasteiger partial charge in [0.15, 0.2) is 0 Å². The molecule has 0 amide bonds. The summed E-state index contributed by atoms with van der Waals surface area (Å²) >= 11 is 0. The highest BCUT2D eigenvalue weighted by atomic mass is 19.4. The lowest BCUT2D eigenvalue weighted by molar-refractivity contribution is -0.955. The number of carboxylic acids is 1. The molecule has 3 saturated heterocycles.